The summed E-state index contributed by atoms with van der Waals surface area (Å²) in [5.74, 6) is -0.0494. The fourth-order valence-electron chi connectivity index (χ4n) is 3.58. The first-order valence-corrected chi connectivity index (χ1v) is 11.8. The first-order valence-electron chi connectivity index (χ1n) is 10.3. The molecule has 1 saturated carbocycles. The van der Waals surface area contributed by atoms with Gasteiger partial charge in [-0.15, -0.1) is 0 Å². The summed E-state index contributed by atoms with van der Waals surface area (Å²) in [4.78, 5) is 27.5. The molecule has 2 aromatic carbocycles. The Morgan fingerprint density at radius 1 is 1.16 bits per heavy atom. The monoisotopic (exact) mass is 526 g/mol. The number of hydrogen-bond donors (Lipinski definition) is 1. The van der Waals surface area contributed by atoms with E-state index >= 15 is 0 Å². The van der Waals surface area contributed by atoms with Gasteiger partial charge in [0.15, 0.2) is 6.61 Å². The van der Waals surface area contributed by atoms with Crippen molar-refractivity contribution >= 4 is 50.9 Å². The Morgan fingerprint density at radius 2 is 1.84 bits per heavy atom. The lowest BCUT2D eigenvalue weighted by Gasteiger charge is -2.29. The Hall–Kier alpha value is -1.76. The molecule has 31 heavy (non-hydrogen) atoms. The normalized spacial score (nSPS) is 14.8. The highest BCUT2D eigenvalue weighted by Crippen LogP contribution is 2.28. The predicted octanol–water partition coefficient (Wildman–Crippen LogP) is 5.61. The lowest BCUT2D eigenvalue weighted by Crippen LogP contribution is -2.50. The van der Waals surface area contributed by atoms with Gasteiger partial charge in [0.1, 0.15) is 11.8 Å². The number of nitrogens with one attached hydrogen (secondary N) is 1. The standard InChI is InChI=1S/C23H25BrCl2N2O3/c1-15(23(30)27-19-4-2-3-5-19)28(13-16-6-9-18(25)10-7-16)22(29)14-31-21-11-8-17(24)12-20(21)26/h6-12,15,19H,2-5,13-14H2,1H3,(H,27,30). The van der Waals surface area contributed by atoms with Gasteiger partial charge >= 0.3 is 0 Å². The van der Waals surface area contributed by atoms with E-state index in [-0.39, 0.29) is 31.0 Å². The number of halogens is 3. The van der Waals surface area contributed by atoms with Crippen LogP contribution in [0.15, 0.2) is 46.9 Å². The van der Waals surface area contributed by atoms with Crippen molar-refractivity contribution in [3.63, 3.8) is 0 Å². The van der Waals surface area contributed by atoms with E-state index in [1.165, 1.54) is 4.90 Å². The lowest BCUT2D eigenvalue weighted by molar-refractivity contribution is -0.142. The molecule has 0 heterocycles. The molecule has 2 amide bonds. The van der Waals surface area contributed by atoms with Crippen LogP contribution in [0.3, 0.4) is 0 Å². The van der Waals surface area contributed by atoms with Crippen LogP contribution in [0.5, 0.6) is 5.75 Å². The molecule has 0 spiro atoms. The minimum atomic E-state index is -0.646. The fraction of sp³-hybridized carbons (Fsp3) is 0.391. The lowest BCUT2D eigenvalue weighted by atomic mass is 10.1. The number of hydrogen-bond acceptors (Lipinski definition) is 3. The Balaban J connectivity index is 1.72. The van der Waals surface area contributed by atoms with Crippen LogP contribution in [0, 0.1) is 0 Å². The van der Waals surface area contributed by atoms with Crippen LogP contribution in [-0.4, -0.2) is 35.4 Å². The molecule has 1 fully saturated rings. The van der Waals surface area contributed by atoms with Crippen molar-refractivity contribution in [2.45, 2.75) is 51.2 Å². The minimum absolute atomic E-state index is 0.157. The zero-order valence-electron chi connectivity index (χ0n) is 17.2. The van der Waals surface area contributed by atoms with Crippen LogP contribution in [-0.2, 0) is 16.1 Å². The zero-order valence-corrected chi connectivity index (χ0v) is 20.3. The number of ether oxygens (including phenoxy) is 1. The van der Waals surface area contributed by atoms with E-state index in [0.717, 1.165) is 35.7 Å². The molecule has 0 radical (unpaired) electrons. The van der Waals surface area contributed by atoms with Crippen molar-refractivity contribution in [2.75, 3.05) is 6.61 Å². The molecule has 1 aliphatic carbocycles. The van der Waals surface area contributed by atoms with Gasteiger partial charge in [0.2, 0.25) is 5.91 Å². The van der Waals surface area contributed by atoms with Gasteiger partial charge in [0.25, 0.3) is 5.91 Å². The third-order valence-electron chi connectivity index (χ3n) is 5.38. The van der Waals surface area contributed by atoms with Gasteiger partial charge in [-0.05, 0) is 55.7 Å². The molecule has 3 rings (SSSR count). The molecule has 2 aromatic rings. The molecule has 0 aliphatic heterocycles. The number of carbonyl (C=O) groups is 2. The first-order chi connectivity index (χ1) is 14.8. The fourth-order valence-corrected chi connectivity index (χ4v) is 4.43. The van der Waals surface area contributed by atoms with E-state index in [1.807, 2.05) is 12.1 Å². The van der Waals surface area contributed by atoms with Crippen LogP contribution in [0.4, 0.5) is 0 Å². The molecule has 1 atom stereocenters. The Kier molecular flexibility index (Phi) is 8.64. The molecular weight excluding hydrogens is 503 g/mol. The SMILES string of the molecule is CC(C(=O)NC1CCCC1)N(Cc1ccc(Cl)cc1)C(=O)COc1ccc(Br)cc1Cl. The van der Waals surface area contributed by atoms with Crippen LogP contribution < -0.4 is 10.1 Å². The van der Waals surface area contributed by atoms with E-state index < -0.39 is 6.04 Å². The summed E-state index contributed by atoms with van der Waals surface area (Å²) in [5.41, 5.74) is 0.875. The molecule has 8 heteroatoms. The van der Waals surface area contributed by atoms with Gasteiger partial charge in [0, 0.05) is 22.1 Å². The quantitative estimate of drug-likeness (QED) is 0.485. The van der Waals surface area contributed by atoms with Gasteiger partial charge in [-0.2, -0.15) is 0 Å². The topological polar surface area (TPSA) is 58.6 Å². The predicted molar refractivity (Wildman–Crippen MR) is 127 cm³/mol. The second kappa shape index (κ2) is 11.2. The number of amides is 2. The second-order valence-corrected chi connectivity index (χ2v) is 9.44. The zero-order chi connectivity index (χ0) is 22.4. The summed E-state index contributed by atoms with van der Waals surface area (Å²) in [6.45, 7) is 1.79. The summed E-state index contributed by atoms with van der Waals surface area (Å²) in [6, 6.07) is 11.9. The van der Waals surface area contributed by atoms with E-state index in [4.69, 9.17) is 27.9 Å². The Morgan fingerprint density at radius 3 is 2.48 bits per heavy atom. The van der Waals surface area contributed by atoms with E-state index in [9.17, 15) is 9.59 Å². The van der Waals surface area contributed by atoms with Gasteiger partial charge in [0.05, 0.1) is 5.02 Å². The van der Waals surface area contributed by atoms with Crippen LogP contribution in [0.2, 0.25) is 10.0 Å². The summed E-state index contributed by atoms with van der Waals surface area (Å²) in [7, 11) is 0. The summed E-state index contributed by atoms with van der Waals surface area (Å²) in [6.07, 6.45) is 4.20. The largest absolute Gasteiger partial charge is 0.482 e. The van der Waals surface area contributed by atoms with Gasteiger partial charge in [-0.25, -0.2) is 0 Å². The number of benzene rings is 2. The van der Waals surface area contributed by atoms with Crippen molar-refractivity contribution < 1.29 is 14.3 Å². The molecular formula is C23H25BrCl2N2O3. The highest BCUT2D eigenvalue weighted by molar-refractivity contribution is 9.10. The van der Waals surface area contributed by atoms with Crippen molar-refractivity contribution in [3.8, 4) is 5.75 Å². The van der Waals surface area contributed by atoms with Gasteiger partial charge in [-0.3, -0.25) is 9.59 Å². The summed E-state index contributed by atoms with van der Waals surface area (Å²) >= 11 is 15.5. The maximum absolute atomic E-state index is 13.1. The minimum Gasteiger partial charge on any atom is -0.482 e. The van der Waals surface area contributed by atoms with E-state index in [1.54, 1.807) is 37.3 Å². The Labute approximate surface area is 201 Å². The van der Waals surface area contributed by atoms with Crippen LogP contribution in [0.25, 0.3) is 0 Å². The van der Waals surface area contributed by atoms with Crippen LogP contribution >= 0.6 is 39.1 Å². The molecule has 5 nitrogen and oxygen atoms in total. The molecule has 0 bridgehead atoms. The van der Waals surface area contributed by atoms with Gasteiger partial charge in [-0.1, -0.05) is 64.1 Å². The average Bonchev–Trinajstić information content (AvgIpc) is 3.25. The third-order valence-corrected chi connectivity index (χ3v) is 6.42. The van der Waals surface area contributed by atoms with Crippen molar-refractivity contribution in [1.82, 2.24) is 10.2 Å². The van der Waals surface area contributed by atoms with E-state index in [2.05, 4.69) is 21.2 Å². The Bertz CT molecular complexity index is 918. The smallest absolute Gasteiger partial charge is 0.261 e. The number of rotatable bonds is 8. The van der Waals surface area contributed by atoms with Crippen molar-refractivity contribution in [2.24, 2.45) is 0 Å². The first kappa shape index (κ1) is 23.9. The molecule has 166 valence electrons. The highest BCUT2D eigenvalue weighted by Gasteiger charge is 2.28. The van der Waals surface area contributed by atoms with Crippen LogP contribution in [0.1, 0.15) is 38.2 Å². The highest BCUT2D eigenvalue weighted by atomic mass is 79.9. The van der Waals surface area contributed by atoms with E-state index in [0.29, 0.717) is 15.8 Å². The number of nitrogens with zero attached hydrogens (tertiary/aromatic N) is 1. The summed E-state index contributed by atoms with van der Waals surface area (Å²) in [5, 5.41) is 4.09. The average molecular weight is 528 g/mol. The molecule has 1 aliphatic rings. The van der Waals surface area contributed by atoms with Gasteiger partial charge < -0.3 is 15.0 Å². The maximum Gasteiger partial charge on any atom is 0.261 e. The van der Waals surface area contributed by atoms with Crippen molar-refractivity contribution in [1.29, 1.82) is 0 Å². The van der Waals surface area contributed by atoms with Crippen molar-refractivity contribution in [3.05, 3.63) is 62.5 Å². The molecule has 0 saturated heterocycles. The summed E-state index contributed by atoms with van der Waals surface area (Å²) < 4.78 is 6.48. The molecule has 1 N–H and O–H groups in total. The maximum atomic E-state index is 13.1. The second-order valence-electron chi connectivity index (χ2n) is 7.68. The molecule has 0 aromatic heterocycles. The number of carbonyl (C=O) groups excluding carboxylic acids is 2. The molecule has 1 unspecified atom stereocenters. The third kappa shape index (κ3) is 6.86.